The SMILES string of the molecule is CCOC(=O)OC(C)OC(=O)CNC(O)[C@@H](CSSCC(CCSC)NC)Cc1ccccc1. The van der Waals surface area contributed by atoms with Crippen molar-refractivity contribution in [3.63, 3.8) is 0 Å². The third-order valence-corrected chi connectivity index (χ3v) is 8.01. The fourth-order valence-corrected chi connectivity index (χ4v) is 6.19. The monoisotopic (exact) mass is 534 g/mol. The van der Waals surface area contributed by atoms with Crippen molar-refractivity contribution in [1.82, 2.24) is 10.6 Å². The van der Waals surface area contributed by atoms with Crippen molar-refractivity contribution in [3.8, 4) is 0 Å². The van der Waals surface area contributed by atoms with Crippen molar-refractivity contribution in [2.45, 2.75) is 45.2 Å². The van der Waals surface area contributed by atoms with Crippen LogP contribution in [-0.2, 0) is 25.4 Å². The highest BCUT2D eigenvalue weighted by Gasteiger charge is 2.22. The Kier molecular flexibility index (Phi) is 17.4. The number of aliphatic hydroxyl groups is 1. The molecule has 194 valence electrons. The lowest BCUT2D eigenvalue weighted by Gasteiger charge is -2.24. The molecule has 3 unspecified atom stereocenters. The van der Waals surface area contributed by atoms with Crippen LogP contribution in [0.5, 0.6) is 0 Å². The number of hydrogen-bond acceptors (Lipinski definition) is 11. The molecule has 1 rings (SSSR count). The largest absolute Gasteiger partial charge is 0.511 e. The number of benzene rings is 1. The summed E-state index contributed by atoms with van der Waals surface area (Å²) in [5, 5.41) is 17.0. The lowest BCUT2D eigenvalue weighted by molar-refractivity contribution is -0.167. The lowest BCUT2D eigenvalue weighted by Crippen LogP contribution is -2.42. The van der Waals surface area contributed by atoms with E-state index in [4.69, 9.17) is 9.47 Å². The summed E-state index contributed by atoms with van der Waals surface area (Å²) in [6.07, 6.45) is 1.01. The minimum absolute atomic E-state index is 0.111. The summed E-state index contributed by atoms with van der Waals surface area (Å²) in [7, 11) is 5.50. The Bertz CT molecular complexity index is 686. The molecule has 0 heterocycles. The number of thioether (sulfide) groups is 1. The summed E-state index contributed by atoms with van der Waals surface area (Å²) in [6.45, 7) is 3.03. The number of carbonyl (C=O) groups is 2. The summed E-state index contributed by atoms with van der Waals surface area (Å²) >= 11 is 1.84. The van der Waals surface area contributed by atoms with Gasteiger partial charge in [-0.3, -0.25) is 10.1 Å². The molecule has 0 aliphatic carbocycles. The van der Waals surface area contributed by atoms with Crippen LogP contribution in [0.1, 0.15) is 25.8 Å². The van der Waals surface area contributed by atoms with Crippen molar-refractivity contribution in [2.24, 2.45) is 5.92 Å². The van der Waals surface area contributed by atoms with E-state index in [9.17, 15) is 14.7 Å². The first-order chi connectivity index (χ1) is 16.4. The highest BCUT2D eigenvalue weighted by Crippen LogP contribution is 2.28. The van der Waals surface area contributed by atoms with Gasteiger partial charge in [-0.1, -0.05) is 51.9 Å². The maximum absolute atomic E-state index is 12.1. The van der Waals surface area contributed by atoms with Gasteiger partial charge in [-0.2, -0.15) is 11.8 Å². The minimum atomic E-state index is -1.08. The summed E-state index contributed by atoms with van der Waals surface area (Å²) in [4.78, 5) is 23.4. The van der Waals surface area contributed by atoms with Crippen LogP contribution in [0.15, 0.2) is 30.3 Å². The topological polar surface area (TPSA) is 106 Å². The third-order valence-electron chi connectivity index (χ3n) is 4.78. The van der Waals surface area contributed by atoms with Crippen LogP contribution in [0.25, 0.3) is 0 Å². The molecule has 0 aliphatic heterocycles. The Morgan fingerprint density at radius 3 is 2.47 bits per heavy atom. The van der Waals surface area contributed by atoms with Gasteiger partial charge in [0.05, 0.1) is 13.2 Å². The second-order valence-electron chi connectivity index (χ2n) is 7.47. The van der Waals surface area contributed by atoms with Crippen molar-refractivity contribution in [2.75, 3.05) is 43.7 Å². The molecule has 8 nitrogen and oxygen atoms in total. The predicted octanol–water partition coefficient (Wildman–Crippen LogP) is 3.54. The van der Waals surface area contributed by atoms with Gasteiger partial charge >= 0.3 is 12.1 Å². The van der Waals surface area contributed by atoms with Gasteiger partial charge in [0.25, 0.3) is 0 Å². The van der Waals surface area contributed by atoms with Crippen LogP contribution in [-0.4, -0.2) is 79.5 Å². The first-order valence-electron chi connectivity index (χ1n) is 11.3. The van der Waals surface area contributed by atoms with Crippen LogP contribution < -0.4 is 10.6 Å². The summed E-state index contributed by atoms with van der Waals surface area (Å²) in [5.74, 6) is 2.07. The highest BCUT2D eigenvalue weighted by atomic mass is 33.1. The van der Waals surface area contributed by atoms with E-state index in [2.05, 4.69) is 21.6 Å². The zero-order valence-electron chi connectivity index (χ0n) is 20.4. The third kappa shape index (κ3) is 14.3. The first-order valence-corrected chi connectivity index (χ1v) is 15.2. The van der Waals surface area contributed by atoms with Crippen molar-refractivity contribution in [3.05, 3.63) is 35.9 Å². The van der Waals surface area contributed by atoms with Crippen LogP contribution in [0, 0.1) is 5.92 Å². The van der Waals surface area contributed by atoms with E-state index in [1.54, 1.807) is 28.5 Å². The number of rotatable bonds is 18. The maximum atomic E-state index is 12.1. The van der Waals surface area contributed by atoms with E-state index in [-0.39, 0.29) is 19.1 Å². The van der Waals surface area contributed by atoms with E-state index in [1.165, 1.54) is 6.92 Å². The molecule has 0 saturated carbocycles. The zero-order valence-corrected chi connectivity index (χ0v) is 22.8. The van der Waals surface area contributed by atoms with Crippen LogP contribution in [0.3, 0.4) is 0 Å². The Hall–Kier alpha value is -1.11. The second-order valence-corrected chi connectivity index (χ2v) is 11.0. The van der Waals surface area contributed by atoms with Crippen LogP contribution >= 0.6 is 33.3 Å². The smallest absolute Gasteiger partial charge is 0.435 e. The van der Waals surface area contributed by atoms with Gasteiger partial charge in [0.1, 0.15) is 6.23 Å². The number of hydrogen-bond donors (Lipinski definition) is 3. The number of carbonyl (C=O) groups excluding carboxylic acids is 2. The van der Waals surface area contributed by atoms with E-state index < -0.39 is 24.6 Å². The molecule has 3 N–H and O–H groups in total. The van der Waals surface area contributed by atoms with Gasteiger partial charge in [-0.25, -0.2) is 4.79 Å². The van der Waals surface area contributed by atoms with Gasteiger partial charge in [0.15, 0.2) is 0 Å². The first kappa shape index (κ1) is 30.9. The minimum Gasteiger partial charge on any atom is -0.435 e. The van der Waals surface area contributed by atoms with E-state index in [1.807, 2.05) is 49.1 Å². The van der Waals surface area contributed by atoms with Crippen molar-refractivity contribution < 1.29 is 28.9 Å². The number of ether oxygens (including phenoxy) is 3. The summed E-state index contributed by atoms with van der Waals surface area (Å²) in [5.41, 5.74) is 1.12. The Balaban J connectivity index is 2.54. The zero-order chi connectivity index (χ0) is 25.2. The Morgan fingerprint density at radius 2 is 1.82 bits per heavy atom. The van der Waals surface area contributed by atoms with Gasteiger partial charge in [0, 0.05) is 30.4 Å². The van der Waals surface area contributed by atoms with Crippen LogP contribution in [0.4, 0.5) is 4.79 Å². The van der Waals surface area contributed by atoms with E-state index >= 15 is 0 Å². The molecule has 0 radical (unpaired) electrons. The quantitative estimate of drug-likeness (QED) is 0.111. The second kappa shape index (κ2) is 19.1. The van der Waals surface area contributed by atoms with Crippen molar-refractivity contribution in [1.29, 1.82) is 0 Å². The van der Waals surface area contributed by atoms with Crippen molar-refractivity contribution >= 4 is 45.5 Å². The van der Waals surface area contributed by atoms with Crippen LogP contribution in [0.2, 0.25) is 0 Å². The average Bonchev–Trinajstić information content (AvgIpc) is 2.82. The molecule has 4 atom stereocenters. The molecule has 0 bridgehead atoms. The Morgan fingerprint density at radius 1 is 1.12 bits per heavy atom. The van der Waals surface area contributed by atoms with Gasteiger partial charge in [-0.05, 0) is 44.4 Å². The number of nitrogens with one attached hydrogen (secondary N) is 2. The molecule has 0 aromatic heterocycles. The average molecular weight is 535 g/mol. The molecule has 34 heavy (non-hydrogen) atoms. The molecule has 1 aromatic carbocycles. The molecular formula is C23H38N2O6S3. The fourth-order valence-electron chi connectivity index (χ4n) is 2.91. The molecule has 11 heteroatoms. The standard InChI is InChI=1S/C23H38N2O6S3/c1-5-29-23(28)31-17(2)30-21(26)14-25-22(27)19(13-18-9-7-6-8-10-18)15-33-34-16-20(24-3)11-12-32-4/h6-10,17,19-20,22,24-25,27H,5,11-16H2,1-4H3/t17?,19-,20?,22?/m1/s1. The molecule has 0 aliphatic rings. The fraction of sp³-hybridized carbons (Fsp3) is 0.652. The predicted molar refractivity (Wildman–Crippen MR) is 142 cm³/mol. The maximum Gasteiger partial charge on any atom is 0.511 e. The Labute approximate surface area is 215 Å². The normalized spacial score (nSPS) is 14.6. The molecule has 1 aromatic rings. The van der Waals surface area contributed by atoms with E-state index in [0.717, 1.165) is 23.5 Å². The molecule has 0 amide bonds. The lowest BCUT2D eigenvalue weighted by atomic mass is 9.99. The molecular weight excluding hydrogens is 496 g/mol. The summed E-state index contributed by atoms with van der Waals surface area (Å²) < 4.78 is 14.5. The summed E-state index contributed by atoms with van der Waals surface area (Å²) in [6, 6.07) is 10.4. The van der Waals surface area contributed by atoms with E-state index in [0.29, 0.717) is 18.2 Å². The highest BCUT2D eigenvalue weighted by molar-refractivity contribution is 8.76. The number of esters is 1. The van der Waals surface area contributed by atoms with Gasteiger partial charge < -0.3 is 24.6 Å². The number of aliphatic hydroxyl groups excluding tert-OH is 1. The molecule has 0 saturated heterocycles. The van der Waals surface area contributed by atoms with Gasteiger partial charge in [-0.15, -0.1) is 0 Å². The molecule has 0 fully saturated rings. The van der Waals surface area contributed by atoms with Gasteiger partial charge in [0.2, 0.25) is 6.29 Å². The molecule has 0 spiro atoms.